The topological polar surface area (TPSA) is 70.7 Å². The lowest BCUT2D eigenvalue weighted by atomic mass is 10.1. The summed E-state index contributed by atoms with van der Waals surface area (Å²) in [6, 6.07) is 11.8. The third kappa shape index (κ3) is 3.91. The smallest absolute Gasteiger partial charge is 0.275 e. The lowest BCUT2D eigenvalue weighted by Gasteiger charge is -2.34. The highest BCUT2D eigenvalue weighted by molar-refractivity contribution is 6.04. The van der Waals surface area contributed by atoms with Gasteiger partial charge >= 0.3 is 0 Å². The summed E-state index contributed by atoms with van der Waals surface area (Å²) in [6.07, 6.45) is 0. The number of aromatic amines is 1. The summed E-state index contributed by atoms with van der Waals surface area (Å²) in [6.45, 7) is 5.72. The fraction of sp³-hybridized carbons (Fsp3) is 0.364. The first-order valence-electron chi connectivity index (χ1n) is 9.76. The Morgan fingerprint density at radius 3 is 2.59 bits per heavy atom. The van der Waals surface area contributed by atoms with Gasteiger partial charge in [-0.25, -0.2) is 0 Å². The molecule has 1 aromatic heterocycles. The third-order valence-corrected chi connectivity index (χ3v) is 5.46. The van der Waals surface area contributed by atoms with E-state index in [4.69, 9.17) is 9.47 Å². The number of carbonyl (C=O) groups excluding carboxylic acids is 1. The number of ether oxygens (including phenoxy) is 2. The average molecular weight is 394 g/mol. The Kier molecular flexibility index (Phi) is 5.40. The van der Waals surface area contributed by atoms with E-state index in [0.717, 1.165) is 53.2 Å². The molecule has 0 unspecified atom stereocenters. The van der Waals surface area contributed by atoms with Crippen molar-refractivity contribution in [1.82, 2.24) is 20.0 Å². The van der Waals surface area contributed by atoms with Gasteiger partial charge in [0.1, 0.15) is 11.5 Å². The molecule has 7 heteroatoms. The van der Waals surface area contributed by atoms with E-state index < -0.39 is 0 Å². The lowest BCUT2D eigenvalue weighted by Crippen LogP contribution is -2.48. The zero-order chi connectivity index (χ0) is 20.4. The van der Waals surface area contributed by atoms with Crippen molar-refractivity contribution < 1.29 is 14.3 Å². The Bertz CT molecular complexity index is 1020. The molecule has 29 heavy (non-hydrogen) atoms. The average Bonchev–Trinajstić information content (AvgIpc) is 3.16. The number of carbonyl (C=O) groups is 1. The Labute approximate surface area is 170 Å². The fourth-order valence-electron chi connectivity index (χ4n) is 3.80. The molecule has 0 radical (unpaired) electrons. The summed E-state index contributed by atoms with van der Waals surface area (Å²) >= 11 is 0. The number of nitrogens with one attached hydrogen (secondary N) is 1. The first kappa shape index (κ1) is 19.3. The lowest BCUT2D eigenvalue weighted by molar-refractivity contribution is 0.0623. The van der Waals surface area contributed by atoms with Crippen LogP contribution in [0.15, 0.2) is 36.4 Å². The summed E-state index contributed by atoms with van der Waals surface area (Å²) < 4.78 is 10.8. The number of fused-ring (bicyclic) bond motifs is 1. The van der Waals surface area contributed by atoms with E-state index in [2.05, 4.69) is 15.1 Å². The third-order valence-electron chi connectivity index (χ3n) is 5.46. The van der Waals surface area contributed by atoms with Crippen molar-refractivity contribution in [3.05, 3.63) is 53.2 Å². The minimum atomic E-state index is -0.0135. The van der Waals surface area contributed by atoms with Gasteiger partial charge in [-0.15, -0.1) is 0 Å². The van der Waals surface area contributed by atoms with Crippen LogP contribution in [0.4, 0.5) is 0 Å². The standard InChI is InChI=1S/C22H26N4O3/c1-15-4-6-19-18(12-15)21(24-23-19)22(27)26-10-8-25(9-11-26)14-16-13-17(28-2)5-7-20(16)29-3/h4-7,12-13H,8-11,14H2,1-3H3,(H,23,24). The van der Waals surface area contributed by atoms with Gasteiger partial charge in [0.15, 0.2) is 5.69 Å². The van der Waals surface area contributed by atoms with Crippen LogP contribution in [-0.4, -0.2) is 66.3 Å². The molecule has 1 N–H and O–H groups in total. The Morgan fingerprint density at radius 1 is 1.07 bits per heavy atom. The molecule has 0 bridgehead atoms. The van der Waals surface area contributed by atoms with Crippen LogP contribution in [0.1, 0.15) is 21.6 Å². The van der Waals surface area contributed by atoms with Crippen LogP contribution in [0.25, 0.3) is 10.9 Å². The summed E-state index contributed by atoms with van der Waals surface area (Å²) in [5.41, 5.74) is 3.60. The van der Waals surface area contributed by atoms with E-state index in [-0.39, 0.29) is 5.91 Å². The fourth-order valence-corrected chi connectivity index (χ4v) is 3.80. The molecule has 1 fully saturated rings. The summed E-state index contributed by atoms with van der Waals surface area (Å²) in [4.78, 5) is 17.2. The van der Waals surface area contributed by atoms with E-state index in [1.807, 2.05) is 48.2 Å². The predicted octanol–water partition coefficient (Wildman–Crippen LogP) is 2.85. The van der Waals surface area contributed by atoms with E-state index in [1.165, 1.54) is 0 Å². The SMILES string of the molecule is COc1ccc(OC)c(CN2CCN(C(=O)c3n[nH]c4ccc(C)cc34)CC2)c1. The van der Waals surface area contributed by atoms with Crippen LogP contribution >= 0.6 is 0 Å². The van der Waals surface area contributed by atoms with Crippen LogP contribution < -0.4 is 9.47 Å². The normalized spacial score (nSPS) is 14.9. The largest absolute Gasteiger partial charge is 0.497 e. The summed E-state index contributed by atoms with van der Waals surface area (Å²) in [5.74, 6) is 1.65. The molecule has 0 saturated carbocycles. The molecule has 0 atom stereocenters. The number of nitrogens with zero attached hydrogens (tertiary/aromatic N) is 3. The second-order valence-corrected chi connectivity index (χ2v) is 7.37. The molecule has 1 saturated heterocycles. The number of amides is 1. The van der Waals surface area contributed by atoms with Gasteiger partial charge in [0.05, 0.1) is 19.7 Å². The Hall–Kier alpha value is -3.06. The molecule has 1 amide bonds. The van der Waals surface area contributed by atoms with Crippen LogP contribution in [0.3, 0.4) is 0 Å². The molecule has 1 aliphatic heterocycles. The highest BCUT2D eigenvalue weighted by atomic mass is 16.5. The maximum atomic E-state index is 13.0. The van der Waals surface area contributed by atoms with Gasteiger partial charge in [0, 0.05) is 43.7 Å². The Balaban J connectivity index is 1.43. The van der Waals surface area contributed by atoms with Gasteiger partial charge in [0.2, 0.25) is 0 Å². The minimum absolute atomic E-state index is 0.0135. The zero-order valence-electron chi connectivity index (χ0n) is 17.1. The summed E-state index contributed by atoms with van der Waals surface area (Å²) in [5, 5.41) is 8.13. The second kappa shape index (κ2) is 8.13. The van der Waals surface area contributed by atoms with Crippen molar-refractivity contribution in [3.63, 3.8) is 0 Å². The quantitative estimate of drug-likeness (QED) is 0.721. The molecule has 0 spiro atoms. The molecular formula is C22H26N4O3. The first-order chi connectivity index (χ1) is 14.1. The number of aryl methyl sites for hydroxylation is 1. The second-order valence-electron chi connectivity index (χ2n) is 7.37. The van der Waals surface area contributed by atoms with Gasteiger partial charge in [-0.2, -0.15) is 5.10 Å². The van der Waals surface area contributed by atoms with E-state index in [0.29, 0.717) is 18.8 Å². The number of aromatic nitrogens is 2. The van der Waals surface area contributed by atoms with E-state index in [9.17, 15) is 4.79 Å². The molecule has 2 aromatic carbocycles. The zero-order valence-corrected chi connectivity index (χ0v) is 17.1. The first-order valence-corrected chi connectivity index (χ1v) is 9.76. The van der Waals surface area contributed by atoms with Crippen LogP contribution in [0.2, 0.25) is 0 Å². The van der Waals surface area contributed by atoms with Crippen LogP contribution in [0.5, 0.6) is 11.5 Å². The molecule has 0 aliphatic carbocycles. The number of benzene rings is 2. The molecular weight excluding hydrogens is 368 g/mol. The summed E-state index contributed by atoms with van der Waals surface area (Å²) in [7, 11) is 3.34. The molecule has 152 valence electrons. The van der Waals surface area contributed by atoms with Crippen molar-refractivity contribution in [1.29, 1.82) is 0 Å². The molecule has 2 heterocycles. The maximum Gasteiger partial charge on any atom is 0.275 e. The van der Waals surface area contributed by atoms with Crippen molar-refractivity contribution >= 4 is 16.8 Å². The molecule has 1 aliphatic rings. The number of rotatable bonds is 5. The number of methoxy groups -OCH3 is 2. The number of H-pyrrole nitrogens is 1. The van der Waals surface area contributed by atoms with Crippen LogP contribution in [-0.2, 0) is 6.54 Å². The number of hydrogen-bond donors (Lipinski definition) is 1. The molecule has 4 rings (SSSR count). The maximum absolute atomic E-state index is 13.0. The molecule has 7 nitrogen and oxygen atoms in total. The van der Waals surface area contributed by atoms with Gasteiger partial charge in [-0.1, -0.05) is 11.6 Å². The highest BCUT2D eigenvalue weighted by Gasteiger charge is 2.25. The van der Waals surface area contributed by atoms with Crippen molar-refractivity contribution in [2.45, 2.75) is 13.5 Å². The van der Waals surface area contributed by atoms with E-state index in [1.54, 1.807) is 14.2 Å². The molecule has 3 aromatic rings. The highest BCUT2D eigenvalue weighted by Crippen LogP contribution is 2.26. The van der Waals surface area contributed by atoms with Crippen molar-refractivity contribution in [3.8, 4) is 11.5 Å². The minimum Gasteiger partial charge on any atom is -0.497 e. The van der Waals surface area contributed by atoms with Gasteiger partial charge in [-0.05, 0) is 37.3 Å². The van der Waals surface area contributed by atoms with E-state index >= 15 is 0 Å². The predicted molar refractivity (Wildman–Crippen MR) is 112 cm³/mol. The Morgan fingerprint density at radius 2 is 1.86 bits per heavy atom. The van der Waals surface area contributed by atoms with Gasteiger partial charge in [0.25, 0.3) is 5.91 Å². The number of hydrogen-bond acceptors (Lipinski definition) is 5. The van der Waals surface area contributed by atoms with Crippen molar-refractivity contribution in [2.24, 2.45) is 0 Å². The van der Waals surface area contributed by atoms with Crippen molar-refractivity contribution in [2.75, 3.05) is 40.4 Å². The van der Waals surface area contributed by atoms with Gasteiger partial charge in [-0.3, -0.25) is 14.8 Å². The monoisotopic (exact) mass is 394 g/mol. The van der Waals surface area contributed by atoms with Crippen LogP contribution in [0, 0.1) is 6.92 Å². The number of piperazine rings is 1. The van der Waals surface area contributed by atoms with Gasteiger partial charge < -0.3 is 14.4 Å².